The van der Waals surface area contributed by atoms with Crippen molar-refractivity contribution in [2.75, 3.05) is 4.72 Å². The number of hydrogen-bond acceptors (Lipinski definition) is 5. The number of anilines is 1. The smallest absolute Gasteiger partial charge is 0.273 e. The molecule has 0 bridgehead atoms. The van der Waals surface area contributed by atoms with Gasteiger partial charge in [0.15, 0.2) is 0 Å². The van der Waals surface area contributed by atoms with Gasteiger partial charge in [-0.05, 0) is 35.8 Å². The van der Waals surface area contributed by atoms with E-state index in [-0.39, 0.29) is 10.1 Å². The van der Waals surface area contributed by atoms with E-state index in [1.54, 1.807) is 13.8 Å². The molecule has 2 aromatic heterocycles. The van der Waals surface area contributed by atoms with Crippen molar-refractivity contribution in [1.82, 2.24) is 5.16 Å². The van der Waals surface area contributed by atoms with Gasteiger partial charge in [-0.15, -0.1) is 11.3 Å². The van der Waals surface area contributed by atoms with Crippen LogP contribution in [0.3, 0.4) is 0 Å². The van der Waals surface area contributed by atoms with Gasteiger partial charge in [-0.3, -0.25) is 0 Å². The molecule has 9 heteroatoms. The van der Waals surface area contributed by atoms with Crippen LogP contribution >= 0.6 is 38.9 Å². The number of aromatic nitrogens is 1. The molecule has 2 aromatic rings. The molecule has 0 aliphatic carbocycles. The number of rotatable bonds is 3. The van der Waals surface area contributed by atoms with Crippen molar-refractivity contribution in [2.24, 2.45) is 0 Å². The third-order valence-corrected chi connectivity index (χ3v) is 6.55. The van der Waals surface area contributed by atoms with Gasteiger partial charge in [-0.2, -0.15) is 0 Å². The van der Waals surface area contributed by atoms with Crippen molar-refractivity contribution in [2.45, 2.75) is 18.1 Å². The molecule has 0 aromatic carbocycles. The molecule has 0 unspecified atom stereocenters. The van der Waals surface area contributed by atoms with Crippen LogP contribution in [0.15, 0.2) is 18.6 Å². The molecule has 0 spiro atoms. The number of aryl methyl sites for hydroxylation is 1. The van der Waals surface area contributed by atoms with Gasteiger partial charge in [0.2, 0.25) is 5.88 Å². The van der Waals surface area contributed by atoms with E-state index in [1.807, 2.05) is 0 Å². The fourth-order valence-electron chi connectivity index (χ4n) is 1.14. The maximum Gasteiger partial charge on any atom is 0.273 e. The first-order chi connectivity index (χ1) is 8.31. The highest BCUT2D eigenvalue weighted by Crippen LogP contribution is 2.35. The standard InChI is InChI=1S/C9H8BrClN2O3S2/c1-4-5(2)12-16-9(4)13-18(14,15)7-3-6(11)8(10)17-7/h3,13H,1-2H3. The Hall–Kier alpha value is -0.570. The van der Waals surface area contributed by atoms with E-state index in [0.29, 0.717) is 20.1 Å². The molecule has 0 amide bonds. The Morgan fingerprint density at radius 2 is 2.17 bits per heavy atom. The maximum absolute atomic E-state index is 12.1. The second-order valence-corrected chi connectivity index (χ2v) is 8.20. The Morgan fingerprint density at radius 1 is 1.50 bits per heavy atom. The number of hydrogen-bond donors (Lipinski definition) is 1. The van der Waals surface area contributed by atoms with Crippen molar-refractivity contribution < 1.29 is 12.9 Å². The summed E-state index contributed by atoms with van der Waals surface area (Å²) in [6.45, 7) is 3.45. The second kappa shape index (κ2) is 4.84. The lowest BCUT2D eigenvalue weighted by Gasteiger charge is -2.02. The number of nitrogens with one attached hydrogen (secondary N) is 1. The Balaban J connectivity index is 2.36. The predicted molar refractivity (Wildman–Crippen MR) is 73.8 cm³/mol. The van der Waals surface area contributed by atoms with Gasteiger partial charge in [-0.25, -0.2) is 13.1 Å². The number of halogens is 2. The van der Waals surface area contributed by atoms with Gasteiger partial charge in [0, 0.05) is 5.56 Å². The van der Waals surface area contributed by atoms with Crippen LogP contribution in [0.2, 0.25) is 5.02 Å². The van der Waals surface area contributed by atoms with E-state index < -0.39 is 10.0 Å². The molecule has 0 saturated heterocycles. The molecule has 1 N–H and O–H groups in total. The lowest BCUT2D eigenvalue weighted by atomic mass is 10.3. The fourth-order valence-corrected chi connectivity index (χ4v) is 4.59. The molecule has 0 saturated carbocycles. The molecule has 0 atom stereocenters. The lowest BCUT2D eigenvalue weighted by Crippen LogP contribution is -2.11. The SMILES string of the molecule is Cc1noc(NS(=O)(=O)c2cc(Cl)c(Br)s2)c1C. The summed E-state index contributed by atoms with van der Waals surface area (Å²) in [5.41, 5.74) is 1.29. The summed E-state index contributed by atoms with van der Waals surface area (Å²) in [6, 6.07) is 1.37. The third-order valence-electron chi connectivity index (χ3n) is 2.27. The van der Waals surface area contributed by atoms with Crippen molar-refractivity contribution in [3.8, 4) is 0 Å². The number of sulfonamides is 1. The zero-order valence-electron chi connectivity index (χ0n) is 9.32. The molecular weight excluding hydrogens is 364 g/mol. The van der Waals surface area contributed by atoms with Crippen molar-refractivity contribution in [3.63, 3.8) is 0 Å². The Labute approximate surface area is 121 Å². The van der Waals surface area contributed by atoms with Crippen LogP contribution in [0.5, 0.6) is 0 Å². The lowest BCUT2D eigenvalue weighted by molar-refractivity contribution is 0.430. The average molecular weight is 372 g/mol. The molecule has 2 rings (SSSR count). The first kappa shape index (κ1) is 13.9. The van der Waals surface area contributed by atoms with Crippen LogP contribution in [0.4, 0.5) is 5.88 Å². The molecule has 98 valence electrons. The highest BCUT2D eigenvalue weighted by atomic mass is 79.9. The summed E-state index contributed by atoms with van der Waals surface area (Å²) in [7, 11) is -3.70. The normalized spacial score (nSPS) is 11.8. The highest BCUT2D eigenvalue weighted by Gasteiger charge is 2.22. The van der Waals surface area contributed by atoms with E-state index in [4.69, 9.17) is 16.1 Å². The summed E-state index contributed by atoms with van der Waals surface area (Å²) in [5, 5.41) is 4.04. The molecule has 0 fully saturated rings. The number of thiophene rings is 1. The van der Waals surface area contributed by atoms with E-state index >= 15 is 0 Å². The van der Waals surface area contributed by atoms with Gasteiger partial charge >= 0.3 is 0 Å². The predicted octanol–water partition coefficient (Wildman–Crippen LogP) is 3.57. The third kappa shape index (κ3) is 2.56. The van der Waals surface area contributed by atoms with E-state index in [2.05, 4.69) is 25.8 Å². The molecule has 2 heterocycles. The molecule has 18 heavy (non-hydrogen) atoms. The summed E-state index contributed by atoms with van der Waals surface area (Å²) in [6.07, 6.45) is 0. The minimum absolute atomic E-state index is 0.104. The van der Waals surface area contributed by atoms with E-state index in [9.17, 15) is 8.42 Å². The molecule has 0 radical (unpaired) electrons. The summed E-state index contributed by atoms with van der Waals surface area (Å²) in [5.74, 6) is 0.119. The van der Waals surface area contributed by atoms with Crippen LogP contribution in [0, 0.1) is 13.8 Å². The maximum atomic E-state index is 12.1. The van der Waals surface area contributed by atoms with Gasteiger partial charge in [0.1, 0.15) is 4.21 Å². The van der Waals surface area contributed by atoms with Crippen LogP contribution in [0.25, 0.3) is 0 Å². The van der Waals surface area contributed by atoms with E-state index in [0.717, 1.165) is 11.3 Å². The Kier molecular flexibility index (Phi) is 3.72. The zero-order chi connectivity index (χ0) is 13.5. The van der Waals surface area contributed by atoms with Gasteiger partial charge < -0.3 is 4.52 Å². The van der Waals surface area contributed by atoms with Gasteiger partial charge in [-0.1, -0.05) is 16.8 Å². The molecule has 5 nitrogen and oxygen atoms in total. The topological polar surface area (TPSA) is 72.2 Å². The van der Waals surface area contributed by atoms with Crippen LogP contribution < -0.4 is 4.72 Å². The Morgan fingerprint density at radius 3 is 2.61 bits per heavy atom. The highest BCUT2D eigenvalue weighted by molar-refractivity contribution is 9.11. The van der Waals surface area contributed by atoms with Crippen LogP contribution in [-0.2, 0) is 10.0 Å². The monoisotopic (exact) mass is 370 g/mol. The van der Waals surface area contributed by atoms with Crippen LogP contribution in [0.1, 0.15) is 11.3 Å². The largest absolute Gasteiger partial charge is 0.337 e. The number of nitrogens with zero attached hydrogens (tertiary/aromatic N) is 1. The minimum Gasteiger partial charge on any atom is -0.337 e. The zero-order valence-corrected chi connectivity index (χ0v) is 13.3. The van der Waals surface area contributed by atoms with Crippen LogP contribution in [-0.4, -0.2) is 13.6 Å². The first-order valence-corrected chi connectivity index (χ1v) is 8.19. The van der Waals surface area contributed by atoms with E-state index in [1.165, 1.54) is 6.07 Å². The van der Waals surface area contributed by atoms with Gasteiger partial charge in [0.05, 0.1) is 14.5 Å². The first-order valence-electron chi connectivity index (χ1n) is 4.72. The second-order valence-electron chi connectivity index (χ2n) is 3.51. The summed E-state index contributed by atoms with van der Waals surface area (Å²) < 4.78 is 32.0. The van der Waals surface area contributed by atoms with Crippen molar-refractivity contribution in [3.05, 3.63) is 26.1 Å². The van der Waals surface area contributed by atoms with Gasteiger partial charge in [0.25, 0.3) is 10.0 Å². The fraction of sp³-hybridized carbons (Fsp3) is 0.222. The minimum atomic E-state index is -3.70. The quantitative estimate of drug-likeness (QED) is 0.895. The average Bonchev–Trinajstić information content (AvgIpc) is 2.77. The molecule has 0 aliphatic heterocycles. The summed E-state index contributed by atoms with van der Waals surface area (Å²) >= 11 is 10.0. The molecule has 0 aliphatic rings. The summed E-state index contributed by atoms with van der Waals surface area (Å²) in [4.78, 5) is 0. The molecular formula is C9H8BrClN2O3S2. The Bertz CT molecular complexity index is 673. The van der Waals surface area contributed by atoms with Crippen molar-refractivity contribution >= 4 is 54.8 Å². The van der Waals surface area contributed by atoms with Crippen molar-refractivity contribution in [1.29, 1.82) is 0 Å².